The highest BCUT2D eigenvalue weighted by atomic mass is 79.9. The Morgan fingerprint density at radius 3 is 2.35 bits per heavy atom. The Morgan fingerprint density at radius 2 is 1.70 bits per heavy atom. The fraction of sp³-hybridized carbons (Fsp3) is 0.467. The van der Waals surface area contributed by atoms with E-state index in [4.69, 9.17) is 10.3 Å². The van der Waals surface area contributed by atoms with Crippen molar-refractivity contribution in [2.45, 2.75) is 44.1 Å². The van der Waals surface area contributed by atoms with Gasteiger partial charge >= 0.3 is 0 Å². The Bertz CT molecular complexity index is 571. The van der Waals surface area contributed by atoms with Crippen molar-refractivity contribution in [1.82, 2.24) is 10.1 Å². The van der Waals surface area contributed by atoms with Gasteiger partial charge in [0.1, 0.15) is 0 Å². The second kappa shape index (κ2) is 5.66. The molecular formula is C15H18BrN3O. The lowest BCUT2D eigenvalue weighted by Gasteiger charge is -2.22. The van der Waals surface area contributed by atoms with Gasteiger partial charge in [0, 0.05) is 10.0 Å². The maximum absolute atomic E-state index is 6.49. The predicted octanol–water partition coefficient (Wildman–Crippen LogP) is 4.01. The lowest BCUT2D eigenvalue weighted by atomic mass is 9.91. The Balaban J connectivity index is 1.87. The zero-order valence-corrected chi connectivity index (χ0v) is 12.9. The molecule has 5 heteroatoms. The zero-order chi connectivity index (χ0) is 14.0. The molecule has 106 valence electrons. The van der Waals surface area contributed by atoms with Crippen molar-refractivity contribution in [2.75, 3.05) is 0 Å². The molecule has 0 spiro atoms. The Morgan fingerprint density at radius 1 is 1.05 bits per heavy atom. The molecule has 0 amide bonds. The largest absolute Gasteiger partial charge is 0.337 e. The summed E-state index contributed by atoms with van der Waals surface area (Å²) in [5.74, 6) is 1.19. The van der Waals surface area contributed by atoms with Crippen molar-refractivity contribution < 1.29 is 4.52 Å². The molecule has 20 heavy (non-hydrogen) atoms. The number of aromatic nitrogens is 2. The molecule has 1 fully saturated rings. The molecule has 0 saturated heterocycles. The molecule has 3 rings (SSSR count). The normalized spacial score (nSPS) is 18.7. The van der Waals surface area contributed by atoms with Gasteiger partial charge in [-0.25, -0.2) is 0 Å². The Kier molecular flexibility index (Phi) is 3.89. The summed E-state index contributed by atoms with van der Waals surface area (Å²) in [7, 11) is 0. The van der Waals surface area contributed by atoms with E-state index in [0.29, 0.717) is 11.7 Å². The Hall–Kier alpha value is -1.20. The van der Waals surface area contributed by atoms with Crippen LogP contribution in [0.4, 0.5) is 0 Å². The lowest BCUT2D eigenvalue weighted by molar-refractivity contribution is 0.257. The number of halogens is 1. The van der Waals surface area contributed by atoms with Crippen molar-refractivity contribution in [3.8, 4) is 11.4 Å². The van der Waals surface area contributed by atoms with E-state index in [0.717, 1.165) is 35.7 Å². The van der Waals surface area contributed by atoms with Gasteiger partial charge < -0.3 is 10.3 Å². The van der Waals surface area contributed by atoms with Gasteiger partial charge in [0.25, 0.3) is 0 Å². The van der Waals surface area contributed by atoms with Crippen LogP contribution in [-0.2, 0) is 5.54 Å². The summed E-state index contributed by atoms with van der Waals surface area (Å²) in [4.78, 5) is 4.53. The number of hydrogen-bond donors (Lipinski definition) is 1. The van der Waals surface area contributed by atoms with Crippen LogP contribution in [0.15, 0.2) is 33.3 Å². The number of benzene rings is 1. The van der Waals surface area contributed by atoms with Crippen LogP contribution >= 0.6 is 15.9 Å². The fourth-order valence-electron chi connectivity index (χ4n) is 2.72. The van der Waals surface area contributed by atoms with Gasteiger partial charge in [0.2, 0.25) is 11.7 Å². The third-order valence-electron chi connectivity index (χ3n) is 3.95. The van der Waals surface area contributed by atoms with Gasteiger partial charge in [-0.15, -0.1) is 0 Å². The smallest absolute Gasteiger partial charge is 0.247 e. The molecule has 2 N–H and O–H groups in total. The van der Waals surface area contributed by atoms with Gasteiger partial charge in [-0.2, -0.15) is 4.98 Å². The molecule has 0 atom stereocenters. The molecule has 1 saturated carbocycles. The van der Waals surface area contributed by atoms with Crippen molar-refractivity contribution in [3.63, 3.8) is 0 Å². The van der Waals surface area contributed by atoms with Crippen LogP contribution in [0.25, 0.3) is 11.4 Å². The Labute approximate surface area is 126 Å². The van der Waals surface area contributed by atoms with Gasteiger partial charge in [0.15, 0.2) is 0 Å². The van der Waals surface area contributed by atoms with Gasteiger partial charge in [-0.1, -0.05) is 46.8 Å². The van der Waals surface area contributed by atoms with Crippen LogP contribution in [0.1, 0.15) is 44.4 Å². The van der Waals surface area contributed by atoms with E-state index >= 15 is 0 Å². The third-order valence-corrected chi connectivity index (χ3v) is 4.48. The maximum atomic E-state index is 6.49. The first kappa shape index (κ1) is 13.8. The summed E-state index contributed by atoms with van der Waals surface area (Å²) < 4.78 is 6.48. The van der Waals surface area contributed by atoms with Crippen LogP contribution in [0, 0.1) is 0 Å². The number of hydrogen-bond acceptors (Lipinski definition) is 4. The van der Waals surface area contributed by atoms with Crippen LogP contribution in [0.2, 0.25) is 0 Å². The van der Waals surface area contributed by atoms with E-state index < -0.39 is 5.54 Å². The van der Waals surface area contributed by atoms with E-state index in [2.05, 4.69) is 26.1 Å². The van der Waals surface area contributed by atoms with Crippen LogP contribution < -0.4 is 5.73 Å². The zero-order valence-electron chi connectivity index (χ0n) is 11.3. The minimum absolute atomic E-state index is 0.447. The molecule has 0 aliphatic heterocycles. The monoisotopic (exact) mass is 335 g/mol. The summed E-state index contributed by atoms with van der Waals surface area (Å²) >= 11 is 3.42. The molecule has 0 unspecified atom stereocenters. The quantitative estimate of drug-likeness (QED) is 0.842. The number of nitrogens with two attached hydrogens (primary N) is 1. The standard InChI is InChI=1S/C15H18BrN3O/c16-12-7-5-11(6-8-12)13-18-14(20-19-13)15(17)9-3-1-2-4-10-15/h5-8H,1-4,9-10,17H2. The summed E-state index contributed by atoms with van der Waals surface area (Å²) in [6.07, 6.45) is 6.60. The van der Waals surface area contributed by atoms with Crippen molar-refractivity contribution >= 4 is 15.9 Å². The average Bonchev–Trinajstić information content (AvgIpc) is 2.84. The van der Waals surface area contributed by atoms with E-state index in [1.54, 1.807) is 0 Å². The molecule has 4 nitrogen and oxygen atoms in total. The molecule has 2 aromatic rings. The van der Waals surface area contributed by atoms with Crippen LogP contribution in [0.5, 0.6) is 0 Å². The van der Waals surface area contributed by atoms with Crippen LogP contribution in [-0.4, -0.2) is 10.1 Å². The number of nitrogens with zero attached hydrogens (tertiary/aromatic N) is 2. The summed E-state index contributed by atoms with van der Waals surface area (Å²) in [5.41, 5.74) is 6.99. The molecule has 1 aromatic carbocycles. The van der Waals surface area contributed by atoms with E-state index in [1.165, 1.54) is 12.8 Å². The SMILES string of the molecule is NC1(c2nc(-c3ccc(Br)cc3)no2)CCCCCC1. The number of rotatable bonds is 2. The predicted molar refractivity (Wildman–Crippen MR) is 81.0 cm³/mol. The van der Waals surface area contributed by atoms with E-state index in [9.17, 15) is 0 Å². The first-order valence-corrected chi connectivity index (χ1v) is 7.86. The molecular weight excluding hydrogens is 318 g/mol. The molecule has 1 aromatic heterocycles. The average molecular weight is 336 g/mol. The highest BCUT2D eigenvalue weighted by Crippen LogP contribution is 2.33. The van der Waals surface area contributed by atoms with E-state index in [-0.39, 0.29) is 0 Å². The molecule has 0 bridgehead atoms. The first-order chi connectivity index (χ1) is 9.67. The summed E-state index contributed by atoms with van der Waals surface area (Å²) in [5, 5.41) is 4.09. The summed E-state index contributed by atoms with van der Waals surface area (Å²) in [6, 6.07) is 7.87. The molecule has 0 radical (unpaired) electrons. The summed E-state index contributed by atoms with van der Waals surface area (Å²) in [6.45, 7) is 0. The van der Waals surface area contributed by atoms with Gasteiger partial charge in [-0.3, -0.25) is 0 Å². The topological polar surface area (TPSA) is 64.9 Å². The minimum atomic E-state index is -0.447. The highest BCUT2D eigenvalue weighted by Gasteiger charge is 2.34. The fourth-order valence-corrected chi connectivity index (χ4v) is 2.98. The molecule has 1 heterocycles. The van der Waals surface area contributed by atoms with Crippen LogP contribution in [0.3, 0.4) is 0 Å². The first-order valence-electron chi connectivity index (χ1n) is 7.06. The third kappa shape index (κ3) is 2.79. The van der Waals surface area contributed by atoms with E-state index in [1.807, 2.05) is 24.3 Å². The minimum Gasteiger partial charge on any atom is -0.337 e. The van der Waals surface area contributed by atoms with Gasteiger partial charge in [-0.05, 0) is 37.1 Å². The van der Waals surface area contributed by atoms with Crippen molar-refractivity contribution in [1.29, 1.82) is 0 Å². The van der Waals surface area contributed by atoms with Crippen molar-refractivity contribution in [3.05, 3.63) is 34.6 Å². The van der Waals surface area contributed by atoms with Gasteiger partial charge in [0.05, 0.1) is 5.54 Å². The molecule has 1 aliphatic carbocycles. The van der Waals surface area contributed by atoms with Crippen molar-refractivity contribution in [2.24, 2.45) is 5.73 Å². The molecule has 1 aliphatic rings. The second-order valence-electron chi connectivity index (χ2n) is 5.50. The second-order valence-corrected chi connectivity index (χ2v) is 6.42. The lowest BCUT2D eigenvalue weighted by Crippen LogP contribution is -2.36. The maximum Gasteiger partial charge on any atom is 0.247 e. The highest BCUT2D eigenvalue weighted by molar-refractivity contribution is 9.10.